The van der Waals surface area contributed by atoms with Gasteiger partial charge in [0, 0.05) is 18.9 Å². The van der Waals surface area contributed by atoms with E-state index >= 15 is 0 Å². The lowest BCUT2D eigenvalue weighted by atomic mass is 9.98. The summed E-state index contributed by atoms with van der Waals surface area (Å²) in [6.07, 6.45) is 1.48. The Morgan fingerprint density at radius 2 is 1.80 bits per heavy atom. The molecule has 1 aromatic heterocycles. The number of anilines is 1. The van der Waals surface area contributed by atoms with Crippen LogP contribution in [0.15, 0.2) is 60.8 Å². The molecule has 0 bridgehead atoms. The van der Waals surface area contributed by atoms with E-state index in [1.165, 1.54) is 28.5 Å². The SMILES string of the molecule is Nc1cnc(Cl)c(C#CCCNC(=O)OCC2c3ccccc3-c3ccccc32)c1. The molecule has 0 radical (unpaired) electrons. The van der Waals surface area contributed by atoms with Gasteiger partial charge in [0.25, 0.3) is 0 Å². The van der Waals surface area contributed by atoms with Crippen LogP contribution in [-0.4, -0.2) is 24.2 Å². The molecule has 5 nitrogen and oxygen atoms in total. The van der Waals surface area contributed by atoms with Crippen molar-refractivity contribution in [3.05, 3.63) is 82.6 Å². The molecule has 0 aliphatic heterocycles. The number of hydrogen-bond donors (Lipinski definition) is 2. The van der Waals surface area contributed by atoms with Crippen molar-refractivity contribution in [1.29, 1.82) is 0 Å². The van der Waals surface area contributed by atoms with Gasteiger partial charge in [-0.1, -0.05) is 72.0 Å². The summed E-state index contributed by atoms with van der Waals surface area (Å²) in [5.74, 6) is 5.90. The minimum atomic E-state index is -0.456. The Kier molecular flexibility index (Phi) is 5.87. The van der Waals surface area contributed by atoms with Crippen molar-refractivity contribution in [1.82, 2.24) is 10.3 Å². The van der Waals surface area contributed by atoms with E-state index < -0.39 is 6.09 Å². The molecule has 0 fully saturated rings. The lowest BCUT2D eigenvalue weighted by molar-refractivity contribution is 0.143. The number of carbonyl (C=O) groups is 1. The molecule has 30 heavy (non-hydrogen) atoms. The second-order valence-electron chi connectivity index (χ2n) is 6.91. The van der Waals surface area contributed by atoms with Crippen LogP contribution in [-0.2, 0) is 4.74 Å². The van der Waals surface area contributed by atoms with Crippen LogP contribution in [0.4, 0.5) is 10.5 Å². The van der Waals surface area contributed by atoms with Crippen molar-refractivity contribution in [3.63, 3.8) is 0 Å². The highest BCUT2D eigenvalue weighted by molar-refractivity contribution is 6.30. The molecule has 0 saturated heterocycles. The van der Waals surface area contributed by atoms with Crippen LogP contribution < -0.4 is 11.1 Å². The standard InChI is InChI=1S/C24H20ClN3O2/c25-23-16(13-17(26)14-28-23)7-5-6-12-27-24(29)30-15-22-20-10-3-1-8-18(20)19-9-2-4-11-21(19)22/h1-4,8-11,13-14,22H,6,12,15,26H2,(H,27,29). The predicted molar refractivity (Wildman–Crippen MR) is 118 cm³/mol. The topological polar surface area (TPSA) is 77.2 Å². The molecule has 0 saturated carbocycles. The quantitative estimate of drug-likeness (QED) is 0.369. The number of benzene rings is 2. The fraction of sp³-hybridized carbons (Fsp3) is 0.167. The Balaban J connectivity index is 1.30. The number of hydrogen-bond acceptors (Lipinski definition) is 4. The Labute approximate surface area is 180 Å². The second-order valence-corrected chi connectivity index (χ2v) is 7.27. The number of nitrogens with zero attached hydrogens (tertiary/aromatic N) is 1. The highest BCUT2D eigenvalue weighted by Gasteiger charge is 2.28. The summed E-state index contributed by atoms with van der Waals surface area (Å²) in [5, 5.41) is 3.04. The van der Waals surface area contributed by atoms with Crippen molar-refractivity contribution in [2.75, 3.05) is 18.9 Å². The fourth-order valence-electron chi connectivity index (χ4n) is 3.59. The van der Waals surface area contributed by atoms with Crippen LogP contribution >= 0.6 is 11.6 Å². The minimum Gasteiger partial charge on any atom is -0.449 e. The predicted octanol–water partition coefficient (Wildman–Crippen LogP) is 4.60. The maximum atomic E-state index is 12.1. The van der Waals surface area contributed by atoms with E-state index in [4.69, 9.17) is 22.1 Å². The summed E-state index contributed by atoms with van der Waals surface area (Å²) in [4.78, 5) is 16.1. The van der Waals surface area contributed by atoms with Crippen LogP contribution in [0.1, 0.15) is 29.0 Å². The molecule has 3 N–H and O–H groups in total. The number of halogens is 1. The molecule has 2 aromatic carbocycles. The summed E-state index contributed by atoms with van der Waals surface area (Å²) in [7, 11) is 0. The maximum Gasteiger partial charge on any atom is 0.407 e. The molecule has 3 aromatic rings. The lowest BCUT2D eigenvalue weighted by Crippen LogP contribution is -2.26. The van der Waals surface area contributed by atoms with Crippen LogP contribution in [0.5, 0.6) is 0 Å². The van der Waals surface area contributed by atoms with Gasteiger partial charge in [0.1, 0.15) is 11.8 Å². The number of pyridine rings is 1. The average molecular weight is 418 g/mol. The Hall–Kier alpha value is -3.49. The van der Waals surface area contributed by atoms with Gasteiger partial charge >= 0.3 is 6.09 Å². The summed E-state index contributed by atoms with van der Waals surface area (Å²) < 4.78 is 5.49. The van der Waals surface area contributed by atoms with Crippen molar-refractivity contribution in [2.24, 2.45) is 0 Å². The fourth-order valence-corrected chi connectivity index (χ4v) is 3.74. The zero-order chi connectivity index (χ0) is 20.9. The average Bonchev–Trinajstić information content (AvgIpc) is 3.08. The summed E-state index contributed by atoms with van der Waals surface area (Å²) >= 11 is 5.98. The van der Waals surface area contributed by atoms with E-state index in [9.17, 15) is 4.79 Å². The van der Waals surface area contributed by atoms with Gasteiger partial charge in [-0.3, -0.25) is 0 Å². The summed E-state index contributed by atoms with van der Waals surface area (Å²) in [6, 6.07) is 18.1. The monoisotopic (exact) mass is 417 g/mol. The zero-order valence-corrected chi connectivity index (χ0v) is 16.9. The third-order valence-corrected chi connectivity index (χ3v) is 5.25. The molecule has 1 heterocycles. The number of nitrogens with one attached hydrogen (secondary N) is 1. The molecule has 1 aliphatic carbocycles. The molecule has 6 heteroatoms. The van der Waals surface area contributed by atoms with E-state index in [0.717, 1.165) is 0 Å². The van der Waals surface area contributed by atoms with Crippen LogP contribution in [0.25, 0.3) is 11.1 Å². The first-order valence-corrected chi connectivity index (χ1v) is 10.00. The number of fused-ring (bicyclic) bond motifs is 3. The van der Waals surface area contributed by atoms with Gasteiger partial charge in [-0.05, 0) is 28.3 Å². The highest BCUT2D eigenvalue weighted by Crippen LogP contribution is 2.44. The largest absolute Gasteiger partial charge is 0.449 e. The Morgan fingerprint density at radius 3 is 2.50 bits per heavy atom. The van der Waals surface area contributed by atoms with Gasteiger partial charge in [-0.25, -0.2) is 9.78 Å². The summed E-state index contributed by atoms with van der Waals surface area (Å²) in [6.45, 7) is 0.660. The number of alkyl carbamates (subject to hydrolysis) is 1. The highest BCUT2D eigenvalue weighted by atomic mass is 35.5. The maximum absolute atomic E-state index is 12.1. The van der Waals surface area contributed by atoms with Gasteiger partial charge in [-0.15, -0.1) is 0 Å². The minimum absolute atomic E-state index is 0.0427. The molecule has 150 valence electrons. The smallest absolute Gasteiger partial charge is 0.407 e. The number of nitrogens with two attached hydrogens (primary N) is 1. The Bertz CT molecular complexity index is 1100. The van der Waals surface area contributed by atoms with Crippen molar-refractivity contribution in [2.45, 2.75) is 12.3 Å². The first-order chi connectivity index (χ1) is 14.6. The third kappa shape index (κ3) is 4.24. The van der Waals surface area contributed by atoms with E-state index in [-0.39, 0.29) is 12.5 Å². The van der Waals surface area contributed by atoms with Crippen LogP contribution in [0.2, 0.25) is 5.15 Å². The number of ether oxygens (including phenoxy) is 1. The number of aromatic nitrogens is 1. The molecule has 0 atom stereocenters. The van der Waals surface area contributed by atoms with Gasteiger partial charge in [0.2, 0.25) is 0 Å². The first kappa shape index (κ1) is 19.8. The van der Waals surface area contributed by atoms with Crippen molar-refractivity contribution >= 4 is 23.4 Å². The molecular formula is C24H20ClN3O2. The van der Waals surface area contributed by atoms with Gasteiger partial charge < -0.3 is 15.8 Å². The van der Waals surface area contributed by atoms with Gasteiger partial charge in [0.05, 0.1) is 17.4 Å². The molecule has 0 spiro atoms. The summed E-state index contributed by atoms with van der Waals surface area (Å²) in [5.41, 5.74) is 11.5. The molecule has 1 aliphatic rings. The number of rotatable bonds is 4. The number of amides is 1. The van der Waals surface area contributed by atoms with Gasteiger partial charge in [0.15, 0.2) is 0 Å². The third-order valence-electron chi connectivity index (χ3n) is 4.95. The normalized spacial score (nSPS) is 11.8. The lowest BCUT2D eigenvalue weighted by Gasteiger charge is -2.14. The van der Waals surface area contributed by atoms with E-state index in [2.05, 4.69) is 46.4 Å². The van der Waals surface area contributed by atoms with Crippen molar-refractivity contribution < 1.29 is 9.53 Å². The Morgan fingerprint density at radius 1 is 1.13 bits per heavy atom. The molecular weight excluding hydrogens is 398 g/mol. The van der Waals surface area contributed by atoms with Crippen molar-refractivity contribution in [3.8, 4) is 23.0 Å². The second kappa shape index (κ2) is 8.89. The number of carbonyl (C=O) groups excluding carboxylic acids is 1. The van der Waals surface area contributed by atoms with E-state index in [1.54, 1.807) is 6.07 Å². The number of nitrogen functional groups attached to an aromatic ring is 1. The van der Waals surface area contributed by atoms with Crippen LogP contribution in [0, 0.1) is 11.8 Å². The molecule has 4 rings (SSSR count). The zero-order valence-electron chi connectivity index (χ0n) is 16.2. The van der Waals surface area contributed by atoms with Crippen LogP contribution in [0.3, 0.4) is 0 Å². The van der Waals surface area contributed by atoms with Gasteiger partial charge in [-0.2, -0.15) is 0 Å². The first-order valence-electron chi connectivity index (χ1n) is 9.62. The molecule has 0 unspecified atom stereocenters. The van der Waals surface area contributed by atoms with E-state index in [1.807, 2.05) is 24.3 Å². The molecule has 1 amide bonds. The van der Waals surface area contributed by atoms with E-state index in [0.29, 0.717) is 29.4 Å².